The van der Waals surface area contributed by atoms with Crippen molar-refractivity contribution in [2.24, 2.45) is 0 Å². The van der Waals surface area contributed by atoms with Gasteiger partial charge in [0.25, 0.3) is 0 Å². The number of anilines is 2. The Bertz CT molecular complexity index is 485. The molecule has 0 aliphatic heterocycles. The summed E-state index contributed by atoms with van der Waals surface area (Å²) in [7, 11) is -3.33. The monoisotopic (exact) mass is 258 g/mol. The third kappa shape index (κ3) is 3.10. The molecule has 0 aliphatic rings. The topological polar surface area (TPSA) is 83.6 Å². The van der Waals surface area contributed by atoms with Gasteiger partial charge in [-0.1, -0.05) is 6.07 Å². The number of aliphatic hydroxyl groups excluding tert-OH is 1. The van der Waals surface area contributed by atoms with E-state index in [9.17, 15) is 8.42 Å². The summed E-state index contributed by atoms with van der Waals surface area (Å²) in [6.45, 7) is 2.99. The van der Waals surface area contributed by atoms with E-state index >= 15 is 0 Å². The minimum absolute atomic E-state index is 0.00359. The molecule has 3 N–H and O–H groups in total. The highest BCUT2D eigenvalue weighted by Crippen LogP contribution is 2.29. The molecule has 0 aromatic heterocycles. The Balaban J connectivity index is 3.27. The predicted octanol–water partition coefficient (Wildman–Crippen LogP) is 0.491. The number of aliphatic hydroxyl groups is 1. The number of nitrogen functional groups attached to an aromatic ring is 1. The Morgan fingerprint density at radius 1 is 1.41 bits per heavy atom. The zero-order valence-electron chi connectivity index (χ0n) is 10.0. The lowest BCUT2D eigenvalue weighted by Crippen LogP contribution is -2.27. The lowest BCUT2D eigenvalue weighted by Gasteiger charge is -2.24. The normalized spacial score (nSPS) is 11.5. The molecule has 0 aliphatic carbocycles. The summed E-state index contributed by atoms with van der Waals surface area (Å²) in [4.78, 5) is 1.97. The minimum atomic E-state index is -3.33. The van der Waals surface area contributed by atoms with Crippen molar-refractivity contribution >= 4 is 21.2 Å². The zero-order valence-corrected chi connectivity index (χ0v) is 10.9. The highest BCUT2D eigenvalue weighted by molar-refractivity contribution is 7.90. The molecule has 0 atom stereocenters. The summed E-state index contributed by atoms with van der Waals surface area (Å²) in [6, 6.07) is 4.90. The highest BCUT2D eigenvalue weighted by Gasteiger charge is 2.16. The second-order valence-corrected chi connectivity index (χ2v) is 5.75. The molecule has 0 saturated carbocycles. The van der Waals surface area contributed by atoms with E-state index in [-0.39, 0.29) is 17.2 Å². The third-order valence-corrected chi connectivity index (χ3v) is 3.69. The molecule has 17 heavy (non-hydrogen) atoms. The number of para-hydroxylation sites is 1. The van der Waals surface area contributed by atoms with Crippen LogP contribution in [0.4, 0.5) is 11.4 Å². The molecule has 0 spiro atoms. The minimum Gasteiger partial charge on any atom is -0.396 e. The van der Waals surface area contributed by atoms with Crippen molar-refractivity contribution in [2.75, 3.05) is 36.6 Å². The lowest BCUT2D eigenvalue weighted by molar-refractivity contribution is 0.302. The Morgan fingerprint density at radius 2 is 2.06 bits per heavy atom. The quantitative estimate of drug-likeness (QED) is 0.751. The molecular formula is C11H18N2O3S. The second-order valence-electron chi connectivity index (χ2n) is 3.76. The summed E-state index contributed by atoms with van der Waals surface area (Å²) >= 11 is 0. The number of hydrogen-bond donors (Lipinski definition) is 2. The van der Waals surface area contributed by atoms with Gasteiger partial charge in [0.1, 0.15) is 0 Å². The van der Waals surface area contributed by atoms with Gasteiger partial charge >= 0.3 is 0 Å². The van der Waals surface area contributed by atoms with Crippen molar-refractivity contribution in [3.63, 3.8) is 0 Å². The molecule has 0 fully saturated rings. The van der Waals surface area contributed by atoms with Gasteiger partial charge in [-0.3, -0.25) is 0 Å². The molecule has 0 heterocycles. The van der Waals surface area contributed by atoms with Crippen molar-refractivity contribution in [3.8, 4) is 0 Å². The second kappa shape index (κ2) is 5.37. The van der Waals surface area contributed by atoms with Crippen molar-refractivity contribution in [3.05, 3.63) is 18.2 Å². The van der Waals surface area contributed by atoms with E-state index in [2.05, 4.69) is 0 Å². The fraction of sp³-hybridized carbons (Fsp3) is 0.455. The summed E-state index contributed by atoms with van der Waals surface area (Å²) in [6.07, 6.45) is 1.13. The molecular weight excluding hydrogens is 240 g/mol. The first-order chi connectivity index (χ1) is 7.91. The van der Waals surface area contributed by atoms with Crippen LogP contribution < -0.4 is 10.6 Å². The number of sulfone groups is 1. The van der Waals surface area contributed by atoms with Gasteiger partial charge in [0, 0.05) is 19.3 Å². The van der Waals surface area contributed by atoms with Crippen molar-refractivity contribution in [1.82, 2.24) is 0 Å². The fourth-order valence-corrected chi connectivity index (χ4v) is 2.53. The summed E-state index contributed by atoms with van der Waals surface area (Å²) in [5.41, 5.74) is 6.76. The number of benzene rings is 1. The Hall–Kier alpha value is -1.27. The van der Waals surface area contributed by atoms with Gasteiger partial charge in [0.15, 0.2) is 9.84 Å². The van der Waals surface area contributed by atoms with Crippen LogP contribution in [0.15, 0.2) is 23.1 Å². The molecule has 0 bridgehead atoms. The van der Waals surface area contributed by atoms with Crippen LogP contribution in [0, 0.1) is 0 Å². The molecule has 5 nitrogen and oxygen atoms in total. The van der Waals surface area contributed by atoms with Crippen LogP contribution >= 0.6 is 0 Å². The van der Waals surface area contributed by atoms with Gasteiger partial charge in [0.05, 0.1) is 22.9 Å². The van der Waals surface area contributed by atoms with Crippen LogP contribution in [0.5, 0.6) is 0 Å². The van der Waals surface area contributed by atoms with Crippen LogP contribution in [0.25, 0.3) is 0 Å². The standard InChI is InChI=1S/C11H18N2O3S/c1-3-13(7-8-14)9-5-4-6-10(11(9)12)17(2,15)16/h4-6,14H,3,7-8,12H2,1-2H3. The number of nitrogens with zero attached hydrogens (tertiary/aromatic N) is 1. The first kappa shape index (κ1) is 13.8. The maximum Gasteiger partial charge on any atom is 0.177 e. The van der Waals surface area contributed by atoms with Gasteiger partial charge in [0.2, 0.25) is 0 Å². The maximum atomic E-state index is 11.5. The first-order valence-corrected chi connectivity index (χ1v) is 7.25. The summed E-state index contributed by atoms with van der Waals surface area (Å²) in [5.74, 6) is 0. The molecule has 1 rings (SSSR count). The first-order valence-electron chi connectivity index (χ1n) is 5.36. The smallest absolute Gasteiger partial charge is 0.177 e. The third-order valence-electron chi connectivity index (χ3n) is 2.53. The van der Waals surface area contributed by atoms with E-state index in [1.807, 2.05) is 11.8 Å². The van der Waals surface area contributed by atoms with Crippen molar-refractivity contribution in [2.45, 2.75) is 11.8 Å². The largest absolute Gasteiger partial charge is 0.396 e. The molecule has 0 saturated heterocycles. The van der Waals surface area contributed by atoms with Crippen LogP contribution in [0.2, 0.25) is 0 Å². The number of nitrogens with two attached hydrogens (primary N) is 1. The molecule has 96 valence electrons. The lowest BCUT2D eigenvalue weighted by atomic mass is 10.2. The van der Waals surface area contributed by atoms with Crippen LogP contribution in [-0.4, -0.2) is 39.5 Å². The average Bonchev–Trinajstić information content (AvgIpc) is 2.25. The predicted molar refractivity (Wildman–Crippen MR) is 68.9 cm³/mol. The van der Waals surface area contributed by atoms with E-state index in [0.717, 1.165) is 6.26 Å². The molecule has 0 unspecified atom stereocenters. The van der Waals surface area contributed by atoms with Crippen LogP contribution in [-0.2, 0) is 9.84 Å². The molecule has 6 heteroatoms. The Kier molecular flexibility index (Phi) is 4.36. The maximum absolute atomic E-state index is 11.5. The number of rotatable bonds is 5. The van der Waals surface area contributed by atoms with E-state index in [4.69, 9.17) is 10.8 Å². The molecule has 1 aromatic rings. The van der Waals surface area contributed by atoms with Gasteiger partial charge < -0.3 is 15.7 Å². The average molecular weight is 258 g/mol. The van der Waals surface area contributed by atoms with Crippen LogP contribution in [0.3, 0.4) is 0 Å². The number of likely N-dealkylation sites (N-methyl/N-ethyl adjacent to an activating group) is 1. The van der Waals surface area contributed by atoms with Crippen molar-refractivity contribution in [1.29, 1.82) is 0 Å². The summed E-state index contributed by atoms with van der Waals surface area (Å²) in [5, 5.41) is 8.95. The van der Waals surface area contributed by atoms with Gasteiger partial charge in [-0.25, -0.2) is 8.42 Å². The van der Waals surface area contributed by atoms with E-state index in [0.29, 0.717) is 18.8 Å². The summed E-state index contributed by atoms with van der Waals surface area (Å²) < 4.78 is 23.1. The molecule has 0 radical (unpaired) electrons. The fourth-order valence-electron chi connectivity index (χ4n) is 1.70. The van der Waals surface area contributed by atoms with Gasteiger partial charge in [-0.2, -0.15) is 0 Å². The van der Waals surface area contributed by atoms with Crippen molar-refractivity contribution < 1.29 is 13.5 Å². The van der Waals surface area contributed by atoms with E-state index in [1.54, 1.807) is 12.1 Å². The Labute approximate surface area is 102 Å². The molecule has 0 amide bonds. The SMILES string of the molecule is CCN(CCO)c1cccc(S(C)(=O)=O)c1N. The highest BCUT2D eigenvalue weighted by atomic mass is 32.2. The zero-order chi connectivity index (χ0) is 13.1. The molecule has 1 aromatic carbocycles. The van der Waals surface area contributed by atoms with E-state index < -0.39 is 9.84 Å². The number of hydrogen-bond acceptors (Lipinski definition) is 5. The van der Waals surface area contributed by atoms with E-state index in [1.165, 1.54) is 6.07 Å². The van der Waals surface area contributed by atoms with Crippen LogP contribution in [0.1, 0.15) is 6.92 Å². The van der Waals surface area contributed by atoms with Gasteiger partial charge in [-0.05, 0) is 19.1 Å². The Morgan fingerprint density at radius 3 is 2.53 bits per heavy atom. The van der Waals surface area contributed by atoms with Gasteiger partial charge in [-0.15, -0.1) is 0 Å².